The Balaban J connectivity index is 3.33. The Morgan fingerprint density at radius 1 is 1.19 bits per heavy atom. The summed E-state index contributed by atoms with van der Waals surface area (Å²) in [7, 11) is 0. The lowest BCUT2D eigenvalue weighted by molar-refractivity contribution is -0.138. The smallest absolute Gasteiger partial charge is 0.397 e. The van der Waals surface area contributed by atoms with Crippen molar-refractivity contribution in [2.24, 2.45) is 5.92 Å². The van der Waals surface area contributed by atoms with E-state index in [-0.39, 0.29) is 29.3 Å². The second kappa shape index (κ2) is 4.23. The Hall–Kier alpha value is -1.39. The molecule has 2 nitrogen and oxygen atoms in total. The summed E-state index contributed by atoms with van der Waals surface area (Å²) in [5, 5.41) is 0. The van der Waals surface area contributed by atoms with Crippen molar-refractivity contribution in [3.8, 4) is 0 Å². The van der Waals surface area contributed by atoms with Crippen LogP contribution in [0.4, 0.5) is 24.5 Å². The Labute approximate surface area is 92.4 Å². The van der Waals surface area contributed by atoms with Crippen molar-refractivity contribution < 1.29 is 13.2 Å². The van der Waals surface area contributed by atoms with E-state index >= 15 is 0 Å². The molecule has 0 fully saturated rings. The van der Waals surface area contributed by atoms with Crippen LogP contribution in [0.15, 0.2) is 12.1 Å². The average Bonchev–Trinajstić information content (AvgIpc) is 2.10. The van der Waals surface area contributed by atoms with Crippen molar-refractivity contribution in [2.45, 2.75) is 26.4 Å². The minimum atomic E-state index is -4.38. The Morgan fingerprint density at radius 2 is 1.75 bits per heavy atom. The van der Waals surface area contributed by atoms with E-state index < -0.39 is 11.7 Å². The first kappa shape index (κ1) is 12.7. The lowest BCUT2D eigenvalue weighted by Crippen LogP contribution is -2.14. The molecular weight excluding hydrogens is 217 g/mol. The molecule has 0 saturated carbocycles. The largest absolute Gasteiger partial charge is 0.416 e. The summed E-state index contributed by atoms with van der Waals surface area (Å²) >= 11 is 0. The molecule has 0 bridgehead atoms. The quantitative estimate of drug-likeness (QED) is 0.770. The second-order valence-electron chi connectivity index (χ2n) is 4.19. The van der Waals surface area contributed by atoms with Crippen LogP contribution in [-0.2, 0) is 12.6 Å². The van der Waals surface area contributed by atoms with Gasteiger partial charge in [-0.3, -0.25) is 0 Å². The molecule has 0 spiro atoms. The van der Waals surface area contributed by atoms with Crippen LogP contribution in [-0.4, -0.2) is 0 Å². The molecule has 0 aliphatic rings. The van der Waals surface area contributed by atoms with Crippen LogP contribution in [0.25, 0.3) is 0 Å². The first-order valence-corrected chi connectivity index (χ1v) is 4.97. The van der Waals surface area contributed by atoms with Gasteiger partial charge in [0.05, 0.1) is 16.9 Å². The van der Waals surface area contributed by atoms with Gasteiger partial charge in [0.15, 0.2) is 0 Å². The van der Waals surface area contributed by atoms with Crippen molar-refractivity contribution in [1.82, 2.24) is 0 Å². The van der Waals surface area contributed by atoms with E-state index in [9.17, 15) is 13.2 Å². The summed E-state index contributed by atoms with van der Waals surface area (Å²) in [6, 6.07) is 2.19. The van der Waals surface area contributed by atoms with Crippen LogP contribution in [0.3, 0.4) is 0 Å². The maximum absolute atomic E-state index is 12.7. The molecule has 1 aromatic carbocycles. The number of hydrogen-bond donors (Lipinski definition) is 2. The number of anilines is 2. The molecule has 0 unspecified atom stereocenters. The summed E-state index contributed by atoms with van der Waals surface area (Å²) in [5.74, 6) is 0.0881. The average molecular weight is 232 g/mol. The van der Waals surface area contributed by atoms with Gasteiger partial charge in [0, 0.05) is 0 Å². The molecule has 0 amide bonds. The number of benzene rings is 1. The molecule has 0 aliphatic carbocycles. The van der Waals surface area contributed by atoms with Gasteiger partial charge in [0.25, 0.3) is 0 Å². The summed E-state index contributed by atoms with van der Waals surface area (Å²) in [6.07, 6.45) is -4.11. The number of hydrogen-bond acceptors (Lipinski definition) is 2. The predicted molar refractivity (Wildman–Crippen MR) is 58.8 cm³/mol. The fourth-order valence-electron chi connectivity index (χ4n) is 1.58. The maximum Gasteiger partial charge on any atom is 0.416 e. The zero-order chi connectivity index (χ0) is 12.5. The normalized spacial score (nSPS) is 12.1. The Kier molecular flexibility index (Phi) is 3.35. The van der Waals surface area contributed by atoms with E-state index in [1.54, 1.807) is 0 Å². The van der Waals surface area contributed by atoms with Gasteiger partial charge < -0.3 is 11.5 Å². The van der Waals surface area contributed by atoms with Gasteiger partial charge >= 0.3 is 6.18 Å². The number of nitrogens with two attached hydrogens (primary N) is 2. The van der Waals surface area contributed by atoms with Gasteiger partial charge in [0.1, 0.15) is 0 Å². The lowest BCUT2D eigenvalue weighted by atomic mass is 9.95. The third-order valence-electron chi connectivity index (χ3n) is 2.31. The highest BCUT2D eigenvalue weighted by molar-refractivity contribution is 5.69. The number of nitrogen functional groups attached to an aromatic ring is 2. The monoisotopic (exact) mass is 232 g/mol. The lowest BCUT2D eigenvalue weighted by Gasteiger charge is -2.17. The van der Waals surface area contributed by atoms with Crippen molar-refractivity contribution in [2.75, 3.05) is 11.5 Å². The van der Waals surface area contributed by atoms with Crippen LogP contribution in [0.5, 0.6) is 0 Å². The van der Waals surface area contributed by atoms with Crippen molar-refractivity contribution in [3.05, 3.63) is 23.3 Å². The zero-order valence-electron chi connectivity index (χ0n) is 9.23. The van der Waals surface area contributed by atoms with Gasteiger partial charge in [-0.2, -0.15) is 13.2 Å². The molecule has 0 atom stereocenters. The highest BCUT2D eigenvalue weighted by Crippen LogP contribution is 2.37. The van der Waals surface area contributed by atoms with E-state index in [0.717, 1.165) is 6.07 Å². The molecule has 0 saturated heterocycles. The van der Waals surface area contributed by atoms with E-state index in [2.05, 4.69) is 0 Å². The molecule has 0 aromatic heterocycles. The molecule has 4 N–H and O–H groups in total. The third-order valence-corrected chi connectivity index (χ3v) is 2.31. The molecule has 0 heterocycles. The van der Waals surface area contributed by atoms with E-state index in [4.69, 9.17) is 11.5 Å². The fraction of sp³-hybridized carbons (Fsp3) is 0.455. The number of rotatable bonds is 2. The summed E-state index contributed by atoms with van der Waals surface area (Å²) in [4.78, 5) is 0. The fourth-order valence-corrected chi connectivity index (χ4v) is 1.58. The van der Waals surface area contributed by atoms with Crippen LogP contribution in [0.1, 0.15) is 25.0 Å². The molecular formula is C11H15F3N2. The van der Waals surface area contributed by atoms with Crippen LogP contribution >= 0.6 is 0 Å². The Bertz CT molecular complexity index is 384. The van der Waals surface area contributed by atoms with Gasteiger partial charge in [-0.05, 0) is 30.0 Å². The summed E-state index contributed by atoms with van der Waals surface area (Å²) < 4.78 is 38.1. The van der Waals surface area contributed by atoms with Gasteiger partial charge in [-0.1, -0.05) is 13.8 Å². The molecule has 0 radical (unpaired) electrons. The van der Waals surface area contributed by atoms with Crippen LogP contribution in [0, 0.1) is 5.92 Å². The summed E-state index contributed by atoms with van der Waals surface area (Å²) in [6.45, 7) is 3.67. The second-order valence-corrected chi connectivity index (χ2v) is 4.19. The van der Waals surface area contributed by atoms with Gasteiger partial charge in [-0.25, -0.2) is 0 Å². The summed E-state index contributed by atoms with van der Waals surface area (Å²) in [5.41, 5.74) is 10.8. The number of halogens is 3. The minimum absolute atomic E-state index is 0.0449. The van der Waals surface area contributed by atoms with E-state index in [1.165, 1.54) is 6.07 Å². The first-order chi connectivity index (χ1) is 7.23. The van der Waals surface area contributed by atoms with E-state index in [0.29, 0.717) is 0 Å². The van der Waals surface area contributed by atoms with Crippen LogP contribution in [0.2, 0.25) is 0 Å². The molecule has 0 aliphatic heterocycles. The molecule has 5 heteroatoms. The molecule has 90 valence electrons. The maximum atomic E-state index is 12.7. The van der Waals surface area contributed by atoms with Crippen molar-refractivity contribution in [3.63, 3.8) is 0 Å². The molecule has 1 aromatic rings. The third kappa shape index (κ3) is 2.59. The SMILES string of the molecule is CC(C)Cc1c(C(F)(F)F)ccc(N)c1N. The van der Waals surface area contributed by atoms with Crippen molar-refractivity contribution >= 4 is 11.4 Å². The zero-order valence-corrected chi connectivity index (χ0v) is 9.23. The van der Waals surface area contributed by atoms with Gasteiger partial charge in [0.2, 0.25) is 0 Å². The highest BCUT2D eigenvalue weighted by Gasteiger charge is 2.34. The minimum Gasteiger partial charge on any atom is -0.397 e. The number of alkyl halides is 3. The predicted octanol–water partition coefficient (Wildman–Crippen LogP) is 3.07. The molecule has 16 heavy (non-hydrogen) atoms. The van der Waals surface area contributed by atoms with E-state index in [1.807, 2.05) is 13.8 Å². The first-order valence-electron chi connectivity index (χ1n) is 4.97. The highest BCUT2D eigenvalue weighted by atomic mass is 19.4. The topological polar surface area (TPSA) is 52.0 Å². The van der Waals surface area contributed by atoms with Gasteiger partial charge in [-0.15, -0.1) is 0 Å². The Morgan fingerprint density at radius 3 is 2.19 bits per heavy atom. The molecule has 1 rings (SSSR count). The standard InChI is InChI=1S/C11H15F3N2/c1-6(2)5-7-8(11(12,13)14)3-4-9(15)10(7)16/h3-4,6H,5,15-16H2,1-2H3. The van der Waals surface area contributed by atoms with Crippen LogP contribution < -0.4 is 11.5 Å². The van der Waals surface area contributed by atoms with Crippen molar-refractivity contribution in [1.29, 1.82) is 0 Å².